The van der Waals surface area contributed by atoms with Crippen molar-refractivity contribution in [3.05, 3.63) is 88.7 Å². The lowest BCUT2D eigenvalue weighted by atomic mass is 10.1. The van der Waals surface area contributed by atoms with Crippen molar-refractivity contribution >= 4 is 52.1 Å². The summed E-state index contributed by atoms with van der Waals surface area (Å²) in [4.78, 5) is 29.2. The molecule has 0 spiro atoms. The van der Waals surface area contributed by atoms with Crippen molar-refractivity contribution in [2.24, 2.45) is 0 Å². The van der Waals surface area contributed by atoms with Gasteiger partial charge in [0.2, 0.25) is 0 Å². The number of rotatable bonds is 5. The number of hydrogen-bond donors (Lipinski definition) is 2. The van der Waals surface area contributed by atoms with Crippen LogP contribution < -0.4 is 20.3 Å². The van der Waals surface area contributed by atoms with Crippen molar-refractivity contribution in [2.45, 2.75) is 0 Å². The summed E-state index contributed by atoms with van der Waals surface area (Å²) in [6.07, 6.45) is 0. The smallest absolute Gasteiger partial charge is 0.260 e. The zero-order chi connectivity index (χ0) is 25.7. The monoisotopic (exact) mass is 526 g/mol. The van der Waals surface area contributed by atoms with Gasteiger partial charge in [-0.15, -0.1) is 0 Å². The average molecular weight is 527 g/mol. The van der Waals surface area contributed by atoms with Crippen LogP contribution >= 0.6 is 23.8 Å². The van der Waals surface area contributed by atoms with Crippen molar-refractivity contribution in [1.29, 1.82) is 0 Å². The van der Waals surface area contributed by atoms with Gasteiger partial charge in [-0.2, -0.15) is 0 Å². The van der Waals surface area contributed by atoms with Gasteiger partial charge < -0.3 is 19.9 Å². The van der Waals surface area contributed by atoms with E-state index in [1.165, 1.54) is 25.3 Å². The van der Waals surface area contributed by atoms with Gasteiger partial charge in [0.25, 0.3) is 11.8 Å². The maximum Gasteiger partial charge on any atom is 0.260 e. The van der Waals surface area contributed by atoms with Gasteiger partial charge in [-0.25, -0.2) is 4.39 Å². The fraction of sp³-hybridized carbons (Fsp3) is 0.192. The minimum Gasteiger partial charge on any atom is -0.496 e. The molecule has 0 unspecified atom stereocenters. The lowest BCUT2D eigenvalue weighted by molar-refractivity contribution is 0.0743. The zero-order valence-corrected chi connectivity index (χ0v) is 21.0. The summed E-state index contributed by atoms with van der Waals surface area (Å²) < 4.78 is 19.1. The van der Waals surface area contributed by atoms with Crippen LogP contribution in [0, 0.1) is 5.82 Å². The summed E-state index contributed by atoms with van der Waals surface area (Å²) >= 11 is 11.3. The Balaban J connectivity index is 1.31. The molecule has 3 aromatic carbocycles. The molecule has 10 heteroatoms. The predicted molar refractivity (Wildman–Crippen MR) is 143 cm³/mol. The standard InChI is InChI=1S/C26H24ClFN4O3S/c1-35-23-11-6-17(27)16-21(23)25(34)32-14-12-31(13-15-32)19-9-7-18(8-10-19)29-26(36)30-24(33)20-4-2-3-5-22(20)28/h2-11,16H,12-15H2,1H3,(H2,29,30,33,36). The molecule has 3 aromatic rings. The summed E-state index contributed by atoms with van der Waals surface area (Å²) in [6, 6.07) is 18.3. The number of carbonyl (C=O) groups excluding carboxylic acids is 2. The second kappa shape index (κ2) is 11.4. The zero-order valence-electron chi connectivity index (χ0n) is 19.5. The Morgan fingerprint density at radius 2 is 1.67 bits per heavy atom. The molecule has 36 heavy (non-hydrogen) atoms. The number of amides is 2. The highest BCUT2D eigenvalue weighted by molar-refractivity contribution is 7.80. The minimum atomic E-state index is -0.620. The molecular weight excluding hydrogens is 503 g/mol. The van der Waals surface area contributed by atoms with Gasteiger partial charge >= 0.3 is 0 Å². The van der Waals surface area contributed by atoms with Crippen LogP contribution in [0.3, 0.4) is 0 Å². The Bertz CT molecular complexity index is 1280. The first-order chi connectivity index (χ1) is 17.4. The third-order valence-electron chi connectivity index (χ3n) is 5.79. The van der Waals surface area contributed by atoms with E-state index in [1.807, 2.05) is 24.3 Å². The van der Waals surface area contributed by atoms with Crippen molar-refractivity contribution in [3.8, 4) is 5.75 Å². The Morgan fingerprint density at radius 1 is 0.972 bits per heavy atom. The quantitative estimate of drug-likeness (QED) is 0.474. The third-order valence-corrected chi connectivity index (χ3v) is 6.23. The fourth-order valence-corrected chi connectivity index (χ4v) is 4.30. The molecule has 2 N–H and O–H groups in total. The van der Waals surface area contributed by atoms with Crippen molar-refractivity contribution in [2.75, 3.05) is 43.5 Å². The molecule has 7 nitrogen and oxygen atoms in total. The summed E-state index contributed by atoms with van der Waals surface area (Å²) in [5, 5.41) is 5.96. The summed E-state index contributed by atoms with van der Waals surface area (Å²) in [5.41, 5.74) is 2.05. The average Bonchev–Trinajstić information content (AvgIpc) is 2.89. The van der Waals surface area contributed by atoms with Gasteiger partial charge in [-0.3, -0.25) is 14.9 Å². The van der Waals surface area contributed by atoms with E-state index in [9.17, 15) is 14.0 Å². The topological polar surface area (TPSA) is 73.9 Å². The molecule has 0 aliphatic carbocycles. The lowest BCUT2D eigenvalue weighted by Gasteiger charge is -2.36. The van der Waals surface area contributed by atoms with Gasteiger partial charge in [0.1, 0.15) is 11.6 Å². The van der Waals surface area contributed by atoms with Crippen LogP contribution in [-0.2, 0) is 0 Å². The number of thiocarbonyl (C=S) groups is 1. The molecule has 0 saturated carbocycles. The number of carbonyl (C=O) groups is 2. The van der Waals surface area contributed by atoms with E-state index in [-0.39, 0.29) is 16.6 Å². The first kappa shape index (κ1) is 25.4. The van der Waals surface area contributed by atoms with Gasteiger partial charge in [-0.05, 0) is 66.8 Å². The second-order valence-corrected chi connectivity index (χ2v) is 8.90. The van der Waals surface area contributed by atoms with E-state index in [2.05, 4.69) is 15.5 Å². The Morgan fingerprint density at radius 3 is 2.33 bits per heavy atom. The largest absolute Gasteiger partial charge is 0.496 e. The molecule has 186 valence electrons. The molecule has 1 fully saturated rings. The number of nitrogens with zero attached hydrogens (tertiary/aromatic N) is 2. The molecule has 0 radical (unpaired) electrons. The van der Waals surface area contributed by atoms with Crippen LogP contribution in [-0.4, -0.2) is 55.1 Å². The van der Waals surface area contributed by atoms with Crippen LogP contribution in [0.2, 0.25) is 5.02 Å². The highest BCUT2D eigenvalue weighted by atomic mass is 35.5. The molecule has 1 aliphatic rings. The third kappa shape index (κ3) is 5.92. The number of piperazine rings is 1. The minimum absolute atomic E-state index is 0.0690. The van der Waals surface area contributed by atoms with Gasteiger partial charge in [0.05, 0.1) is 18.2 Å². The highest BCUT2D eigenvalue weighted by Crippen LogP contribution is 2.25. The molecule has 1 heterocycles. The maximum atomic E-state index is 13.8. The number of hydrogen-bond acceptors (Lipinski definition) is 5. The Kier molecular flexibility index (Phi) is 8.02. The number of nitrogens with one attached hydrogen (secondary N) is 2. The second-order valence-electron chi connectivity index (χ2n) is 8.06. The van der Waals surface area contributed by atoms with Crippen LogP contribution in [0.15, 0.2) is 66.7 Å². The first-order valence-electron chi connectivity index (χ1n) is 11.2. The molecule has 0 atom stereocenters. The Hall–Kier alpha value is -3.69. The van der Waals surface area contributed by atoms with Gasteiger partial charge in [0.15, 0.2) is 5.11 Å². The fourth-order valence-electron chi connectivity index (χ4n) is 3.92. The van der Waals surface area contributed by atoms with Crippen LogP contribution in [0.4, 0.5) is 15.8 Å². The van der Waals surface area contributed by atoms with Crippen LogP contribution in [0.25, 0.3) is 0 Å². The van der Waals surface area contributed by atoms with Crippen molar-refractivity contribution < 1.29 is 18.7 Å². The Labute approximate surface area is 218 Å². The maximum absolute atomic E-state index is 13.8. The lowest BCUT2D eigenvalue weighted by Crippen LogP contribution is -2.48. The normalized spacial score (nSPS) is 13.2. The van der Waals surface area contributed by atoms with E-state index in [4.69, 9.17) is 28.6 Å². The van der Waals surface area contributed by atoms with E-state index < -0.39 is 11.7 Å². The van der Waals surface area contributed by atoms with Crippen LogP contribution in [0.1, 0.15) is 20.7 Å². The summed E-state index contributed by atoms with van der Waals surface area (Å²) in [6.45, 7) is 2.44. The number of benzene rings is 3. The van der Waals surface area contributed by atoms with Crippen molar-refractivity contribution in [3.63, 3.8) is 0 Å². The molecule has 0 bridgehead atoms. The van der Waals surface area contributed by atoms with Gasteiger partial charge in [0, 0.05) is 42.6 Å². The molecular formula is C26H24ClFN4O3S. The molecule has 4 rings (SSSR count). The summed E-state index contributed by atoms with van der Waals surface area (Å²) in [5.74, 6) is -0.849. The van der Waals surface area contributed by atoms with E-state index in [0.717, 1.165) is 5.69 Å². The summed E-state index contributed by atoms with van der Waals surface area (Å²) in [7, 11) is 1.53. The molecule has 1 aliphatic heterocycles. The number of anilines is 2. The number of halogens is 2. The highest BCUT2D eigenvalue weighted by Gasteiger charge is 2.25. The first-order valence-corrected chi connectivity index (χ1v) is 12.0. The number of methoxy groups -OCH3 is 1. The molecule has 0 aromatic heterocycles. The van der Waals surface area contributed by atoms with E-state index in [1.54, 1.807) is 29.2 Å². The van der Waals surface area contributed by atoms with Crippen LogP contribution in [0.5, 0.6) is 5.75 Å². The molecule has 2 amide bonds. The molecule has 1 saturated heterocycles. The van der Waals surface area contributed by atoms with Gasteiger partial charge in [-0.1, -0.05) is 23.7 Å². The predicted octanol–water partition coefficient (Wildman–Crippen LogP) is 4.58. The SMILES string of the molecule is COc1ccc(Cl)cc1C(=O)N1CCN(c2ccc(NC(=S)NC(=O)c3ccccc3F)cc2)CC1. The number of ether oxygens (including phenoxy) is 1. The van der Waals surface area contributed by atoms with E-state index >= 15 is 0 Å². The van der Waals surface area contributed by atoms with Crippen molar-refractivity contribution in [1.82, 2.24) is 10.2 Å². The van der Waals surface area contributed by atoms with E-state index in [0.29, 0.717) is 48.2 Å².